The Morgan fingerprint density at radius 2 is 2.13 bits per heavy atom. The molecule has 1 aliphatic heterocycles. The third-order valence-electron chi connectivity index (χ3n) is 4.28. The molecule has 1 atom stereocenters. The molecule has 5 nitrogen and oxygen atoms in total. The lowest BCUT2D eigenvalue weighted by molar-refractivity contribution is -0.132. The zero-order valence-corrected chi connectivity index (χ0v) is 14.3. The number of piperazine rings is 1. The second-order valence-corrected chi connectivity index (χ2v) is 6.66. The zero-order chi connectivity index (χ0) is 16.2. The Morgan fingerprint density at radius 1 is 1.35 bits per heavy atom. The number of benzene rings is 1. The molecule has 23 heavy (non-hydrogen) atoms. The van der Waals surface area contributed by atoms with Gasteiger partial charge in [-0.3, -0.25) is 14.7 Å². The predicted molar refractivity (Wildman–Crippen MR) is 90.5 cm³/mol. The maximum absolute atomic E-state index is 11.8. The van der Waals surface area contributed by atoms with Crippen molar-refractivity contribution in [2.45, 2.75) is 19.5 Å². The fourth-order valence-corrected chi connectivity index (χ4v) is 3.58. The second kappa shape index (κ2) is 7.10. The number of ether oxygens (including phenoxy) is 1. The average Bonchev–Trinajstić information content (AvgIpc) is 3.08. The van der Waals surface area contributed by atoms with Crippen molar-refractivity contribution >= 4 is 17.2 Å². The summed E-state index contributed by atoms with van der Waals surface area (Å²) in [4.78, 5) is 21.5. The summed E-state index contributed by atoms with van der Waals surface area (Å²) in [6.45, 7) is 4.88. The van der Waals surface area contributed by atoms with E-state index in [2.05, 4.69) is 22.0 Å². The molecule has 0 unspecified atom stereocenters. The van der Waals surface area contributed by atoms with Gasteiger partial charge >= 0.3 is 0 Å². The highest BCUT2D eigenvalue weighted by Gasteiger charge is 2.29. The topological polar surface area (TPSA) is 45.7 Å². The SMILES string of the molecule is COc1ccc([C@H]2CN(C(C)=O)CCN2Cc2cncs2)cc1. The first-order valence-corrected chi connectivity index (χ1v) is 8.56. The van der Waals surface area contributed by atoms with Crippen LogP contribution in [0.15, 0.2) is 36.0 Å². The number of nitrogens with zero attached hydrogens (tertiary/aromatic N) is 3. The third-order valence-corrected chi connectivity index (χ3v) is 5.04. The Labute approximate surface area is 140 Å². The van der Waals surface area contributed by atoms with E-state index in [1.54, 1.807) is 25.4 Å². The summed E-state index contributed by atoms with van der Waals surface area (Å²) in [6.07, 6.45) is 1.92. The van der Waals surface area contributed by atoms with Crippen LogP contribution in [0.3, 0.4) is 0 Å². The average molecular weight is 331 g/mol. The molecule has 1 aromatic carbocycles. The molecule has 122 valence electrons. The van der Waals surface area contributed by atoms with E-state index < -0.39 is 0 Å². The molecule has 1 fully saturated rings. The van der Waals surface area contributed by atoms with Crippen LogP contribution in [0.4, 0.5) is 0 Å². The summed E-state index contributed by atoms with van der Waals surface area (Å²) < 4.78 is 5.24. The van der Waals surface area contributed by atoms with E-state index in [9.17, 15) is 4.79 Å². The summed E-state index contributed by atoms with van der Waals surface area (Å²) in [5.74, 6) is 0.989. The normalized spacial score (nSPS) is 18.9. The lowest BCUT2D eigenvalue weighted by atomic mass is 10.0. The first kappa shape index (κ1) is 16.0. The molecule has 1 amide bonds. The van der Waals surface area contributed by atoms with Gasteiger partial charge in [0.05, 0.1) is 18.7 Å². The van der Waals surface area contributed by atoms with Gasteiger partial charge in [0.2, 0.25) is 5.91 Å². The predicted octanol–water partition coefficient (Wildman–Crippen LogP) is 2.56. The second-order valence-electron chi connectivity index (χ2n) is 5.69. The van der Waals surface area contributed by atoms with Crippen molar-refractivity contribution in [1.82, 2.24) is 14.8 Å². The van der Waals surface area contributed by atoms with Gasteiger partial charge in [0.1, 0.15) is 5.75 Å². The molecule has 1 aliphatic rings. The molecule has 2 heterocycles. The van der Waals surface area contributed by atoms with E-state index in [0.717, 1.165) is 31.9 Å². The van der Waals surface area contributed by atoms with E-state index in [4.69, 9.17) is 4.74 Å². The van der Waals surface area contributed by atoms with E-state index in [-0.39, 0.29) is 11.9 Å². The summed E-state index contributed by atoms with van der Waals surface area (Å²) in [5.41, 5.74) is 3.07. The summed E-state index contributed by atoms with van der Waals surface area (Å²) in [6, 6.07) is 8.33. The molecule has 0 radical (unpaired) electrons. The number of aromatic nitrogens is 1. The maximum Gasteiger partial charge on any atom is 0.219 e. The van der Waals surface area contributed by atoms with Crippen molar-refractivity contribution in [3.8, 4) is 5.75 Å². The molecule has 0 aliphatic carbocycles. The quantitative estimate of drug-likeness (QED) is 0.864. The monoisotopic (exact) mass is 331 g/mol. The summed E-state index contributed by atoms with van der Waals surface area (Å²) >= 11 is 1.67. The molecule has 1 aromatic heterocycles. The van der Waals surface area contributed by atoms with Gasteiger partial charge in [0.25, 0.3) is 0 Å². The Bertz CT molecular complexity index is 642. The van der Waals surface area contributed by atoms with Gasteiger partial charge in [0.15, 0.2) is 0 Å². The van der Waals surface area contributed by atoms with E-state index in [0.29, 0.717) is 0 Å². The number of hydrogen-bond donors (Lipinski definition) is 0. The van der Waals surface area contributed by atoms with Gasteiger partial charge in [0, 0.05) is 44.2 Å². The van der Waals surface area contributed by atoms with E-state index >= 15 is 0 Å². The van der Waals surface area contributed by atoms with Crippen molar-refractivity contribution in [3.05, 3.63) is 46.4 Å². The van der Waals surface area contributed by atoms with Crippen LogP contribution >= 0.6 is 11.3 Å². The van der Waals surface area contributed by atoms with Gasteiger partial charge in [-0.05, 0) is 17.7 Å². The maximum atomic E-state index is 11.8. The van der Waals surface area contributed by atoms with E-state index in [1.165, 1.54) is 10.4 Å². The van der Waals surface area contributed by atoms with Crippen molar-refractivity contribution < 1.29 is 9.53 Å². The molecule has 3 rings (SSSR count). The highest BCUT2D eigenvalue weighted by molar-refractivity contribution is 7.09. The third kappa shape index (κ3) is 3.71. The number of thiazole rings is 1. The van der Waals surface area contributed by atoms with Gasteiger partial charge in [-0.1, -0.05) is 12.1 Å². The first-order valence-electron chi connectivity index (χ1n) is 7.68. The van der Waals surface area contributed by atoms with Gasteiger partial charge in [-0.15, -0.1) is 11.3 Å². The molecule has 0 spiro atoms. The standard InChI is InChI=1S/C17H21N3O2S/c1-13(21)19-7-8-20(10-16-9-18-12-23-16)17(11-19)14-3-5-15(22-2)6-4-14/h3-6,9,12,17H,7-8,10-11H2,1-2H3/t17-/m1/s1. The van der Waals surface area contributed by atoms with Gasteiger partial charge in [-0.25, -0.2) is 0 Å². The molecular formula is C17H21N3O2S. The minimum atomic E-state index is 0.140. The lowest BCUT2D eigenvalue weighted by Gasteiger charge is -2.41. The molecule has 0 N–H and O–H groups in total. The molecule has 6 heteroatoms. The Hall–Kier alpha value is -1.92. The molecule has 0 saturated carbocycles. The smallest absolute Gasteiger partial charge is 0.219 e. The van der Waals surface area contributed by atoms with E-state index in [1.807, 2.05) is 28.7 Å². The van der Waals surface area contributed by atoms with Crippen LogP contribution in [0.25, 0.3) is 0 Å². The molecular weight excluding hydrogens is 310 g/mol. The van der Waals surface area contributed by atoms with Crippen LogP contribution in [-0.4, -0.2) is 47.4 Å². The molecule has 0 bridgehead atoms. The largest absolute Gasteiger partial charge is 0.497 e. The van der Waals surface area contributed by atoms with Crippen LogP contribution in [0, 0.1) is 0 Å². The number of methoxy groups -OCH3 is 1. The number of hydrogen-bond acceptors (Lipinski definition) is 5. The first-order chi connectivity index (χ1) is 11.2. The lowest BCUT2D eigenvalue weighted by Crippen LogP contribution is -2.49. The number of rotatable bonds is 4. The van der Waals surface area contributed by atoms with Crippen molar-refractivity contribution in [2.24, 2.45) is 0 Å². The highest BCUT2D eigenvalue weighted by Crippen LogP contribution is 2.29. The Morgan fingerprint density at radius 3 is 2.74 bits per heavy atom. The summed E-state index contributed by atoms with van der Waals surface area (Å²) in [7, 11) is 1.67. The highest BCUT2D eigenvalue weighted by atomic mass is 32.1. The Balaban J connectivity index is 1.82. The number of amides is 1. The Kier molecular flexibility index (Phi) is 4.93. The van der Waals surface area contributed by atoms with Crippen LogP contribution in [0.2, 0.25) is 0 Å². The van der Waals surface area contributed by atoms with Gasteiger partial charge < -0.3 is 9.64 Å². The zero-order valence-electron chi connectivity index (χ0n) is 13.4. The van der Waals surface area contributed by atoms with Crippen molar-refractivity contribution in [2.75, 3.05) is 26.7 Å². The fraction of sp³-hybridized carbons (Fsp3) is 0.412. The van der Waals surface area contributed by atoms with Crippen molar-refractivity contribution in [3.63, 3.8) is 0 Å². The van der Waals surface area contributed by atoms with Crippen LogP contribution in [-0.2, 0) is 11.3 Å². The minimum Gasteiger partial charge on any atom is -0.497 e. The van der Waals surface area contributed by atoms with Crippen LogP contribution in [0.1, 0.15) is 23.4 Å². The summed E-state index contributed by atoms with van der Waals surface area (Å²) in [5, 5.41) is 0. The fourth-order valence-electron chi connectivity index (χ4n) is 2.96. The van der Waals surface area contributed by atoms with Crippen LogP contribution < -0.4 is 4.74 Å². The van der Waals surface area contributed by atoms with Crippen molar-refractivity contribution in [1.29, 1.82) is 0 Å². The number of carbonyl (C=O) groups is 1. The minimum absolute atomic E-state index is 0.140. The molecule has 2 aromatic rings. The van der Waals surface area contributed by atoms with Crippen LogP contribution in [0.5, 0.6) is 5.75 Å². The number of carbonyl (C=O) groups excluding carboxylic acids is 1. The van der Waals surface area contributed by atoms with Gasteiger partial charge in [-0.2, -0.15) is 0 Å². The molecule has 1 saturated heterocycles.